The SMILES string of the molecule is CC(C)Oc1ncnc(NC(C)c2ncc[nH]2)c1N. The molecule has 0 aliphatic carbocycles. The molecule has 0 amide bonds. The van der Waals surface area contributed by atoms with Crippen LogP contribution in [0, 0.1) is 0 Å². The minimum atomic E-state index is -0.0425. The largest absolute Gasteiger partial charge is 0.473 e. The van der Waals surface area contributed by atoms with Gasteiger partial charge in [0, 0.05) is 12.4 Å². The van der Waals surface area contributed by atoms with Crippen molar-refractivity contribution in [3.8, 4) is 5.88 Å². The highest BCUT2D eigenvalue weighted by Gasteiger charge is 2.14. The number of H-pyrrole nitrogens is 1. The summed E-state index contributed by atoms with van der Waals surface area (Å²) in [4.78, 5) is 15.4. The van der Waals surface area contributed by atoms with E-state index in [0.717, 1.165) is 5.82 Å². The van der Waals surface area contributed by atoms with Gasteiger partial charge in [0.1, 0.15) is 17.8 Å². The minimum absolute atomic E-state index is 0.00699. The summed E-state index contributed by atoms with van der Waals surface area (Å²) in [6.45, 7) is 5.80. The first-order valence-corrected chi connectivity index (χ1v) is 6.11. The molecule has 0 saturated carbocycles. The highest BCUT2D eigenvalue weighted by Crippen LogP contribution is 2.27. The molecular formula is C12H18N6O. The molecule has 2 heterocycles. The number of nitrogen functional groups attached to an aromatic ring is 1. The molecule has 1 atom stereocenters. The topological polar surface area (TPSA) is 102 Å². The van der Waals surface area contributed by atoms with E-state index >= 15 is 0 Å². The van der Waals surface area contributed by atoms with Crippen LogP contribution in [-0.2, 0) is 0 Å². The lowest BCUT2D eigenvalue weighted by Crippen LogP contribution is -2.14. The van der Waals surface area contributed by atoms with Crippen molar-refractivity contribution in [1.29, 1.82) is 0 Å². The standard InChI is InChI=1S/C12H18N6O/c1-7(2)19-12-9(13)11(16-6-17-12)18-8(3)10-14-4-5-15-10/h4-8H,13H2,1-3H3,(H,14,15)(H,16,17,18). The van der Waals surface area contributed by atoms with Crippen LogP contribution in [0.2, 0.25) is 0 Å². The third kappa shape index (κ3) is 3.12. The number of nitrogens with two attached hydrogens (primary N) is 1. The molecule has 2 aromatic heterocycles. The van der Waals surface area contributed by atoms with Crippen LogP contribution in [0.15, 0.2) is 18.7 Å². The Labute approximate surface area is 111 Å². The van der Waals surface area contributed by atoms with E-state index in [1.165, 1.54) is 6.33 Å². The van der Waals surface area contributed by atoms with E-state index in [9.17, 15) is 0 Å². The summed E-state index contributed by atoms with van der Waals surface area (Å²) >= 11 is 0. The summed E-state index contributed by atoms with van der Waals surface area (Å²) in [5.41, 5.74) is 6.39. The summed E-state index contributed by atoms with van der Waals surface area (Å²) in [5, 5.41) is 3.18. The van der Waals surface area contributed by atoms with Gasteiger partial charge in [-0.15, -0.1) is 0 Å². The zero-order valence-corrected chi connectivity index (χ0v) is 11.2. The molecule has 0 bridgehead atoms. The van der Waals surface area contributed by atoms with Crippen molar-refractivity contribution in [2.24, 2.45) is 0 Å². The average molecular weight is 262 g/mol. The molecule has 0 aliphatic heterocycles. The number of imidazole rings is 1. The Morgan fingerprint density at radius 1 is 1.26 bits per heavy atom. The first kappa shape index (κ1) is 13.1. The second-order valence-corrected chi connectivity index (χ2v) is 4.45. The van der Waals surface area contributed by atoms with Crippen molar-refractivity contribution >= 4 is 11.5 Å². The number of anilines is 2. The van der Waals surface area contributed by atoms with Crippen molar-refractivity contribution in [1.82, 2.24) is 19.9 Å². The molecule has 2 aromatic rings. The minimum Gasteiger partial charge on any atom is -0.473 e. The molecule has 0 radical (unpaired) electrons. The Kier molecular flexibility index (Phi) is 3.84. The number of rotatable bonds is 5. The van der Waals surface area contributed by atoms with Gasteiger partial charge in [-0.05, 0) is 20.8 Å². The van der Waals surface area contributed by atoms with Gasteiger partial charge >= 0.3 is 0 Å². The van der Waals surface area contributed by atoms with Gasteiger partial charge in [0.25, 0.3) is 0 Å². The highest BCUT2D eigenvalue weighted by molar-refractivity contribution is 5.66. The van der Waals surface area contributed by atoms with Crippen LogP contribution in [0.25, 0.3) is 0 Å². The quantitative estimate of drug-likeness (QED) is 0.758. The molecule has 0 aromatic carbocycles. The molecule has 0 spiro atoms. The summed E-state index contributed by atoms with van der Waals surface area (Å²) in [6.07, 6.45) is 4.90. The number of ether oxygens (including phenoxy) is 1. The third-order valence-electron chi connectivity index (χ3n) is 2.48. The monoisotopic (exact) mass is 262 g/mol. The lowest BCUT2D eigenvalue weighted by molar-refractivity contribution is 0.234. The van der Waals surface area contributed by atoms with Crippen molar-refractivity contribution in [2.45, 2.75) is 32.9 Å². The van der Waals surface area contributed by atoms with Crippen molar-refractivity contribution in [3.05, 3.63) is 24.5 Å². The van der Waals surface area contributed by atoms with E-state index in [-0.39, 0.29) is 12.1 Å². The van der Waals surface area contributed by atoms with E-state index in [0.29, 0.717) is 17.4 Å². The second-order valence-electron chi connectivity index (χ2n) is 4.45. The fourth-order valence-corrected chi connectivity index (χ4v) is 1.60. The molecule has 0 saturated heterocycles. The number of hydrogen-bond acceptors (Lipinski definition) is 6. The molecule has 7 heteroatoms. The number of nitrogens with one attached hydrogen (secondary N) is 2. The average Bonchev–Trinajstić information content (AvgIpc) is 2.87. The number of nitrogens with zero attached hydrogens (tertiary/aromatic N) is 3. The van der Waals surface area contributed by atoms with Crippen LogP contribution in [0.4, 0.5) is 11.5 Å². The van der Waals surface area contributed by atoms with Crippen molar-refractivity contribution in [2.75, 3.05) is 11.1 Å². The van der Waals surface area contributed by atoms with Crippen LogP contribution in [0.3, 0.4) is 0 Å². The summed E-state index contributed by atoms with van der Waals surface area (Å²) in [6, 6.07) is -0.0425. The van der Waals surface area contributed by atoms with Crippen molar-refractivity contribution < 1.29 is 4.74 Å². The molecule has 0 fully saturated rings. The van der Waals surface area contributed by atoms with Crippen LogP contribution in [0.1, 0.15) is 32.6 Å². The molecule has 19 heavy (non-hydrogen) atoms. The lowest BCUT2D eigenvalue weighted by atomic mass is 10.3. The van der Waals surface area contributed by atoms with Crippen LogP contribution in [-0.4, -0.2) is 26.0 Å². The van der Waals surface area contributed by atoms with Gasteiger partial charge in [0.15, 0.2) is 5.82 Å². The zero-order valence-electron chi connectivity index (χ0n) is 11.2. The number of hydrogen-bond donors (Lipinski definition) is 3. The highest BCUT2D eigenvalue weighted by atomic mass is 16.5. The Bertz CT molecular complexity index is 525. The molecular weight excluding hydrogens is 244 g/mol. The molecule has 0 aliphatic rings. The van der Waals surface area contributed by atoms with Crippen LogP contribution >= 0.6 is 0 Å². The summed E-state index contributed by atoms with van der Waals surface area (Å²) < 4.78 is 5.52. The first-order valence-electron chi connectivity index (χ1n) is 6.11. The van der Waals surface area contributed by atoms with Gasteiger partial charge in [-0.3, -0.25) is 0 Å². The van der Waals surface area contributed by atoms with Gasteiger partial charge in [-0.2, -0.15) is 4.98 Å². The molecule has 102 valence electrons. The van der Waals surface area contributed by atoms with E-state index in [1.54, 1.807) is 12.4 Å². The van der Waals surface area contributed by atoms with Gasteiger partial charge in [0.05, 0.1) is 12.1 Å². The second kappa shape index (κ2) is 5.55. The van der Waals surface area contributed by atoms with Gasteiger partial charge in [-0.1, -0.05) is 0 Å². The van der Waals surface area contributed by atoms with E-state index in [1.807, 2.05) is 20.8 Å². The lowest BCUT2D eigenvalue weighted by Gasteiger charge is -2.16. The molecule has 1 unspecified atom stereocenters. The molecule has 2 rings (SSSR count). The Morgan fingerprint density at radius 2 is 2.05 bits per heavy atom. The smallest absolute Gasteiger partial charge is 0.242 e. The van der Waals surface area contributed by atoms with Gasteiger partial charge < -0.3 is 20.8 Å². The fourth-order valence-electron chi connectivity index (χ4n) is 1.60. The van der Waals surface area contributed by atoms with Gasteiger partial charge in [-0.25, -0.2) is 9.97 Å². The molecule has 4 N–H and O–H groups in total. The maximum Gasteiger partial charge on any atom is 0.242 e. The Balaban J connectivity index is 2.16. The van der Waals surface area contributed by atoms with E-state index in [2.05, 4.69) is 25.3 Å². The first-order chi connectivity index (χ1) is 9.08. The molecule has 7 nitrogen and oxygen atoms in total. The summed E-state index contributed by atoms with van der Waals surface area (Å²) in [7, 11) is 0. The predicted octanol–water partition coefficient (Wildman–Crippen LogP) is 1.74. The maximum atomic E-state index is 5.99. The zero-order chi connectivity index (χ0) is 13.8. The predicted molar refractivity (Wildman–Crippen MR) is 72.8 cm³/mol. The fraction of sp³-hybridized carbons (Fsp3) is 0.417. The number of aromatic amines is 1. The van der Waals surface area contributed by atoms with Crippen LogP contribution < -0.4 is 15.8 Å². The third-order valence-corrected chi connectivity index (χ3v) is 2.48. The maximum absolute atomic E-state index is 5.99. The Morgan fingerprint density at radius 3 is 2.68 bits per heavy atom. The summed E-state index contributed by atoms with van der Waals surface area (Å²) in [5.74, 6) is 1.73. The van der Waals surface area contributed by atoms with Gasteiger partial charge in [0.2, 0.25) is 5.88 Å². The van der Waals surface area contributed by atoms with E-state index < -0.39 is 0 Å². The van der Waals surface area contributed by atoms with E-state index in [4.69, 9.17) is 10.5 Å². The number of aromatic nitrogens is 4. The Hall–Kier alpha value is -2.31. The van der Waals surface area contributed by atoms with Crippen LogP contribution in [0.5, 0.6) is 5.88 Å². The normalized spacial score (nSPS) is 12.4. The van der Waals surface area contributed by atoms with Crippen molar-refractivity contribution in [3.63, 3.8) is 0 Å².